The summed E-state index contributed by atoms with van der Waals surface area (Å²) < 4.78 is 74.8. The Balaban J connectivity index is 1.56. The third-order valence-electron chi connectivity index (χ3n) is 7.71. The van der Waals surface area contributed by atoms with Crippen molar-refractivity contribution < 1.29 is 34.9 Å². The number of allylic oxidation sites excluding steroid dienone is 2. The normalized spacial score (nSPS) is 20.0. The van der Waals surface area contributed by atoms with Crippen LogP contribution in [-0.4, -0.2) is 54.1 Å². The SMILES string of the molecule is CC/C(C=C1SC2C=Cc3ccccc3C2N1CCCS(=O)(=O)[O-])=C\c1oc2cc(C)c(C)cc2[n+]1CCS(=O)(=O)O. The molecular formula is C30H34N2O7S3. The van der Waals surface area contributed by atoms with Crippen LogP contribution in [0.2, 0.25) is 0 Å². The summed E-state index contributed by atoms with van der Waals surface area (Å²) in [5, 5.41) is 1.07. The monoisotopic (exact) mass is 630 g/mol. The molecule has 12 heteroatoms. The molecule has 0 spiro atoms. The fourth-order valence-corrected chi connectivity index (χ4v) is 7.76. The van der Waals surface area contributed by atoms with Gasteiger partial charge >= 0.3 is 5.89 Å². The first kappa shape index (κ1) is 30.6. The highest BCUT2D eigenvalue weighted by Gasteiger charge is 2.40. The van der Waals surface area contributed by atoms with Crippen LogP contribution < -0.4 is 4.57 Å². The largest absolute Gasteiger partial charge is 0.748 e. The summed E-state index contributed by atoms with van der Waals surface area (Å²) in [4.78, 5) is 2.18. The van der Waals surface area contributed by atoms with Crippen molar-refractivity contribution in [2.45, 2.75) is 51.4 Å². The van der Waals surface area contributed by atoms with Crippen molar-refractivity contribution in [1.29, 1.82) is 0 Å². The van der Waals surface area contributed by atoms with Crippen LogP contribution >= 0.6 is 11.8 Å². The minimum Gasteiger partial charge on any atom is -0.748 e. The second-order valence-corrected chi connectivity index (χ2v) is 15.0. The molecule has 5 rings (SSSR count). The Morgan fingerprint density at radius 2 is 1.88 bits per heavy atom. The fourth-order valence-electron chi connectivity index (χ4n) is 5.45. The zero-order chi connectivity index (χ0) is 30.2. The average molecular weight is 631 g/mol. The van der Waals surface area contributed by atoms with Gasteiger partial charge in [-0.05, 0) is 66.7 Å². The molecule has 0 radical (unpaired) electrons. The maximum absolute atomic E-state index is 11.6. The predicted octanol–water partition coefficient (Wildman–Crippen LogP) is 4.98. The van der Waals surface area contributed by atoms with Gasteiger partial charge in [-0.25, -0.2) is 8.42 Å². The van der Waals surface area contributed by atoms with Gasteiger partial charge in [0, 0.05) is 18.4 Å². The van der Waals surface area contributed by atoms with E-state index in [1.807, 2.05) is 51.1 Å². The molecule has 3 aromatic rings. The van der Waals surface area contributed by atoms with Crippen LogP contribution in [0.15, 0.2) is 63.6 Å². The second-order valence-electron chi connectivity index (χ2n) is 10.7. The maximum atomic E-state index is 11.6. The van der Waals surface area contributed by atoms with Crippen molar-refractivity contribution in [3.05, 3.63) is 87.3 Å². The van der Waals surface area contributed by atoms with E-state index < -0.39 is 31.7 Å². The first-order valence-corrected chi connectivity index (χ1v) is 17.8. The van der Waals surface area contributed by atoms with Crippen molar-refractivity contribution in [3.63, 3.8) is 0 Å². The predicted molar refractivity (Wildman–Crippen MR) is 164 cm³/mol. The van der Waals surface area contributed by atoms with Gasteiger partial charge in [0.2, 0.25) is 5.58 Å². The van der Waals surface area contributed by atoms with Crippen LogP contribution in [0.4, 0.5) is 0 Å². The zero-order valence-corrected chi connectivity index (χ0v) is 26.1. The van der Waals surface area contributed by atoms with Gasteiger partial charge in [-0.2, -0.15) is 13.0 Å². The standard InChI is InChI=1S/C30H34N2O7S3/c1-4-22(18-28-31(13-15-42(36,37)38)25-16-20(2)21(3)17-26(25)39-28)19-29-32(12-7-14-41(33,34)35)30-24-9-6-5-8-23(24)10-11-27(30)40-29/h5-6,8-11,16-19,27,30H,4,7,12-15H2,1-3H3,(H-,33,34,35,36,37,38). The van der Waals surface area contributed by atoms with Gasteiger partial charge in [0.25, 0.3) is 15.6 Å². The zero-order valence-electron chi connectivity index (χ0n) is 23.7. The summed E-state index contributed by atoms with van der Waals surface area (Å²) in [5.74, 6) is -0.426. The molecular weight excluding hydrogens is 597 g/mol. The third kappa shape index (κ3) is 6.84. The summed E-state index contributed by atoms with van der Waals surface area (Å²) in [5.41, 5.74) is 6.61. The van der Waals surface area contributed by atoms with Crippen molar-refractivity contribution in [1.82, 2.24) is 4.90 Å². The molecule has 1 saturated heterocycles. The van der Waals surface area contributed by atoms with Gasteiger partial charge in [-0.1, -0.05) is 55.1 Å². The lowest BCUT2D eigenvalue weighted by Crippen LogP contribution is -2.38. The molecule has 1 fully saturated rings. The minimum atomic E-state index is -4.34. The van der Waals surface area contributed by atoms with E-state index in [0.29, 0.717) is 24.4 Å². The van der Waals surface area contributed by atoms with E-state index in [4.69, 9.17) is 4.42 Å². The molecule has 1 aliphatic carbocycles. The molecule has 2 aromatic carbocycles. The summed E-state index contributed by atoms with van der Waals surface area (Å²) in [6.45, 7) is 6.39. The first-order valence-electron chi connectivity index (χ1n) is 13.8. The lowest BCUT2D eigenvalue weighted by molar-refractivity contribution is -0.673. The fraction of sp³-hybridized carbons (Fsp3) is 0.367. The smallest absolute Gasteiger partial charge is 0.374 e. The number of nitrogens with zero attached hydrogens (tertiary/aromatic N) is 2. The number of hydrogen-bond donors (Lipinski definition) is 1. The molecule has 2 heterocycles. The summed E-state index contributed by atoms with van der Waals surface area (Å²) in [6, 6.07) is 12.0. The molecule has 9 nitrogen and oxygen atoms in total. The molecule has 2 atom stereocenters. The number of benzene rings is 2. The van der Waals surface area contributed by atoms with E-state index in [1.54, 1.807) is 16.3 Å². The number of hydrogen-bond acceptors (Lipinski definition) is 8. The topological polar surface area (TPSA) is 132 Å². The van der Waals surface area contributed by atoms with Gasteiger partial charge in [-0.15, -0.1) is 0 Å². The number of rotatable bonds is 10. The maximum Gasteiger partial charge on any atom is 0.374 e. The highest BCUT2D eigenvalue weighted by molar-refractivity contribution is 8.04. The molecule has 42 heavy (non-hydrogen) atoms. The average Bonchev–Trinajstić information content (AvgIpc) is 3.43. The second kappa shape index (κ2) is 12.0. The number of thioether (sulfide) groups is 1. The van der Waals surface area contributed by atoms with E-state index in [9.17, 15) is 25.9 Å². The van der Waals surface area contributed by atoms with Crippen LogP contribution in [0.25, 0.3) is 23.3 Å². The third-order valence-corrected chi connectivity index (χ3v) is 10.5. The van der Waals surface area contributed by atoms with Crippen molar-refractivity contribution in [3.8, 4) is 0 Å². The Kier molecular flexibility index (Phi) is 8.73. The van der Waals surface area contributed by atoms with Crippen molar-refractivity contribution in [2.75, 3.05) is 18.1 Å². The van der Waals surface area contributed by atoms with E-state index in [1.165, 1.54) is 0 Å². The van der Waals surface area contributed by atoms with Gasteiger partial charge < -0.3 is 13.9 Å². The molecule has 224 valence electrons. The molecule has 1 aromatic heterocycles. The number of fused-ring (bicyclic) bond motifs is 4. The summed E-state index contributed by atoms with van der Waals surface area (Å²) in [6.07, 6.45) is 9.07. The number of aryl methyl sites for hydroxylation is 3. The molecule has 0 amide bonds. The van der Waals surface area contributed by atoms with Crippen LogP contribution in [0.3, 0.4) is 0 Å². The molecule has 1 N–H and O–H groups in total. The highest BCUT2D eigenvalue weighted by Crippen LogP contribution is 2.51. The van der Waals surface area contributed by atoms with E-state index in [0.717, 1.165) is 38.4 Å². The van der Waals surface area contributed by atoms with E-state index in [-0.39, 0.29) is 24.3 Å². The molecule has 2 unspecified atom stereocenters. The van der Waals surface area contributed by atoms with Crippen LogP contribution in [0, 0.1) is 13.8 Å². The molecule has 0 saturated carbocycles. The highest BCUT2D eigenvalue weighted by atomic mass is 32.2. The Hall–Kier alpha value is -2.90. The van der Waals surface area contributed by atoms with Gasteiger partial charge in [0.1, 0.15) is 5.75 Å². The lowest BCUT2D eigenvalue weighted by atomic mass is 9.91. The molecule has 2 aliphatic rings. The number of aromatic nitrogens is 1. The van der Waals surface area contributed by atoms with Crippen LogP contribution in [0.5, 0.6) is 0 Å². The minimum absolute atomic E-state index is 0.00763. The lowest BCUT2D eigenvalue weighted by Gasteiger charge is -2.32. The van der Waals surface area contributed by atoms with Crippen molar-refractivity contribution in [2.24, 2.45) is 0 Å². The molecule has 1 aliphatic heterocycles. The molecule has 0 bridgehead atoms. The van der Waals surface area contributed by atoms with Crippen LogP contribution in [-0.2, 0) is 26.8 Å². The van der Waals surface area contributed by atoms with Gasteiger partial charge in [0.15, 0.2) is 6.54 Å². The van der Waals surface area contributed by atoms with Gasteiger partial charge in [0.05, 0.1) is 32.5 Å². The van der Waals surface area contributed by atoms with Gasteiger partial charge in [-0.3, -0.25) is 4.55 Å². The van der Waals surface area contributed by atoms with E-state index in [2.05, 4.69) is 35.3 Å². The van der Waals surface area contributed by atoms with E-state index >= 15 is 0 Å². The first-order chi connectivity index (χ1) is 19.8. The number of oxazole rings is 1. The van der Waals surface area contributed by atoms with Crippen molar-refractivity contribution >= 4 is 55.2 Å². The Morgan fingerprint density at radius 3 is 2.60 bits per heavy atom. The Morgan fingerprint density at radius 1 is 1.14 bits per heavy atom. The Labute approximate surface area is 251 Å². The Bertz CT molecular complexity index is 1820. The quantitative estimate of drug-likeness (QED) is 0.243. The summed E-state index contributed by atoms with van der Waals surface area (Å²) >= 11 is 1.69. The summed E-state index contributed by atoms with van der Waals surface area (Å²) in [7, 11) is -8.53. The van der Waals surface area contributed by atoms with Crippen LogP contribution in [0.1, 0.15) is 54.0 Å².